The van der Waals surface area contributed by atoms with Crippen molar-refractivity contribution in [2.75, 3.05) is 18.1 Å². The number of rotatable bonds is 4. The molecule has 1 saturated heterocycles. The van der Waals surface area contributed by atoms with E-state index in [1.165, 1.54) is 18.6 Å². The standard InChI is InChI=1S/C8H17N3OS/c9-7(8(10)12)4-11-6-2-1-3-13-5-6/h6-7,11H,1-5,9H2,(H2,10,12). The van der Waals surface area contributed by atoms with Gasteiger partial charge >= 0.3 is 0 Å². The molecule has 76 valence electrons. The zero-order valence-electron chi connectivity index (χ0n) is 7.66. The van der Waals surface area contributed by atoms with E-state index in [4.69, 9.17) is 11.5 Å². The normalized spacial score (nSPS) is 25.5. The summed E-state index contributed by atoms with van der Waals surface area (Å²) in [7, 11) is 0. The van der Waals surface area contributed by atoms with Gasteiger partial charge < -0.3 is 16.8 Å². The summed E-state index contributed by atoms with van der Waals surface area (Å²) in [6.07, 6.45) is 2.42. The maximum Gasteiger partial charge on any atom is 0.235 e. The molecule has 0 aromatic rings. The number of amides is 1. The third kappa shape index (κ3) is 3.97. The fraction of sp³-hybridized carbons (Fsp3) is 0.875. The van der Waals surface area contributed by atoms with E-state index in [9.17, 15) is 4.79 Å². The highest BCUT2D eigenvalue weighted by Crippen LogP contribution is 2.16. The van der Waals surface area contributed by atoms with E-state index >= 15 is 0 Å². The summed E-state index contributed by atoms with van der Waals surface area (Å²) in [5.41, 5.74) is 10.5. The zero-order chi connectivity index (χ0) is 9.68. The Morgan fingerprint density at radius 3 is 3.00 bits per heavy atom. The van der Waals surface area contributed by atoms with Crippen LogP contribution in [0.4, 0.5) is 0 Å². The fourth-order valence-electron chi connectivity index (χ4n) is 1.30. The first-order valence-electron chi connectivity index (χ1n) is 4.56. The third-order valence-corrected chi connectivity index (χ3v) is 3.37. The quantitative estimate of drug-likeness (QED) is 0.563. The van der Waals surface area contributed by atoms with Crippen LogP contribution in [0.1, 0.15) is 12.8 Å². The van der Waals surface area contributed by atoms with E-state index in [2.05, 4.69) is 5.32 Å². The highest BCUT2D eigenvalue weighted by Gasteiger charge is 2.15. The molecule has 0 radical (unpaired) electrons. The largest absolute Gasteiger partial charge is 0.368 e. The molecule has 5 N–H and O–H groups in total. The zero-order valence-corrected chi connectivity index (χ0v) is 8.48. The molecule has 1 fully saturated rings. The van der Waals surface area contributed by atoms with Crippen LogP contribution in [-0.2, 0) is 4.79 Å². The van der Waals surface area contributed by atoms with Gasteiger partial charge in [-0.2, -0.15) is 11.8 Å². The van der Waals surface area contributed by atoms with E-state index in [-0.39, 0.29) is 0 Å². The van der Waals surface area contributed by atoms with Gasteiger partial charge in [-0.1, -0.05) is 0 Å². The lowest BCUT2D eigenvalue weighted by Gasteiger charge is -2.23. The van der Waals surface area contributed by atoms with Crippen LogP contribution in [0.5, 0.6) is 0 Å². The van der Waals surface area contributed by atoms with Crippen LogP contribution >= 0.6 is 11.8 Å². The summed E-state index contributed by atoms with van der Waals surface area (Å²) in [5.74, 6) is 1.93. The molecule has 13 heavy (non-hydrogen) atoms. The summed E-state index contributed by atoms with van der Waals surface area (Å²) >= 11 is 1.94. The lowest BCUT2D eigenvalue weighted by molar-refractivity contribution is -0.119. The van der Waals surface area contributed by atoms with Gasteiger partial charge in [0.1, 0.15) is 0 Å². The van der Waals surface area contributed by atoms with Crippen LogP contribution in [0.15, 0.2) is 0 Å². The van der Waals surface area contributed by atoms with E-state index in [1.807, 2.05) is 11.8 Å². The molecule has 0 spiro atoms. The molecule has 0 aliphatic carbocycles. The van der Waals surface area contributed by atoms with Gasteiger partial charge in [0.15, 0.2) is 0 Å². The molecule has 1 amide bonds. The van der Waals surface area contributed by atoms with Crippen molar-refractivity contribution in [3.8, 4) is 0 Å². The Hall–Kier alpha value is -0.260. The smallest absolute Gasteiger partial charge is 0.235 e. The number of carbonyl (C=O) groups is 1. The lowest BCUT2D eigenvalue weighted by Crippen LogP contribution is -2.48. The van der Waals surface area contributed by atoms with Crippen molar-refractivity contribution in [3.63, 3.8) is 0 Å². The fourth-order valence-corrected chi connectivity index (χ4v) is 2.40. The molecule has 0 saturated carbocycles. The summed E-state index contributed by atoms with van der Waals surface area (Å²) in [4.78, 5) is 10.6. The second-order valence-corrected chi connectivity index (χ2v) is 4.48. The van der Waals surface area contributed by atoms with Crippen molar-refractivity contribution >= 4 is 17.7 Å². The molecule has 1 heterocycles. The van der Waals surface area contributed by atoms with E-state index in [1.54, 1.807) is 0 Å². The highest BCUT2D eigenvalue weighted by molar-refractivity contribution is 7.99. The first-order valence-corrected chi connectivity index (χ1v) is 5.71. The number of nitrogens with one attached hydrogen (secondary N) is 1. The van der Waals surface area contributed by atoms with Crippen LogP contribution in [0.25, 0.3) is 0 Å². The maximum absolute atomic E-state index is 10.6. The predicted octanol–water partition coefficient (Wildman–Crippen LogP) is -0.716. The minimum absolute atomic E-state index is 0.434. The molecule has 5 heteroatoms. The number of hydrogen-bond acceptors (Lipinski definition) is 4. The molecule has 1 aliphatic rings. The Bertz CT molecular complexity index is 171. The molecule has 1 rings (SSSR count). The van der Waals surface area contributed by atoms with Crippen molar-refractivity contribution in [1.29, 1.82) is 0 Å². The highest BCUT2D eigenvalue weighted by atomic mass is 32.2. The van der Waals surface area contributed by atoms with E-state index in [0.29, 0.717) is 12.6 Å². The summed E-state index contributed by atoms with van der Waals surface area (Å²) in [6, 6.07) is -0.0453. The summed E-state index contributed by atoms with van der Waals surface area (Å²) < 4.78 is 0. The monoisotopic (exact) mass is 203 g/mol. The van der Waals surface area contributed by atoms with Gasteiger partial charge in [0.2, 0.25) is 5.91 Å². The van der Waals surface area contributed by atoms with E-state index < -0.39 is 11.9 Å². The average Bonchev–Trinajstić information content (AvgIpc) is 2.15. The topological polar surface area (TPSA) is 81.1 Å². The molecule has 4 nitrogen and oxygen atoms in total. The van der Waals surface area contributed by atoms with E-state index in [0.717, 1.165) is 5.75 Å². The molecule has 2 unspecified atom stereocenters. The van der Waals surface area contributed by atoms with Gasteiger partial charge in [-0.3, -0.25) is 4.79 Å². The predicted molar refractivity (Wildman–Crippen MR) is 55.5 cm³/mol. The molecule has 0 aromatic heterocycles. The van der Waals surface area contributed by atoms with Crippen molar-refractivity contribution in [2.24, 2.45) is 11.5 Å². The van der Waals surface area contributed by atoms with Gasteiger partial charge in [-0.25, -0.2) is 0 Å². The van der Waals surface area contributed by atoms with Crippen LogP contribution in [0.3, 0.4) is 0 Å². The average molecular weight is 203 g/mol. The van der Waals surface area contributed by atoms with Gasteiger partial charge in [0.05, 0.1) is 6.04 Å². The number of carbonyl (C=O) groups excluding carboxylic acids is 1. The third-order valence-electron chi connectivity index (χ3n) is 2.15. The Morgan fingerprint density at radius 1 is 1.69 bits per heavy atom. The van der Waals surface area contributed by atoms with Crippen molar-refractivity contribution in [2.45, 2.75) is 24.9 Å². The number of hydrogen-bond donors (Lipinski definition) is 3. The van der Waals surface area contributed by atoms with Crippen molar-refractivity contribution < 1.29 is 4.79 Å². The molecule has 2 atom stereocenters. The minimum atomic E-state index is -0.549. The maximum atomic E-state index is 10.6. The Balaban J connectivity index is 2.13. The van der Waals surface area contributed by atoms with Crippen LogP contribution in [0, 0.1) is 0 Å². The van der Waals surface area contributed by atoms with Crippen LogP contribution in [-0.4, -0.2) is 36.0 Å². The lowest BCUT2D eigenvalue weighted by atomic mass is 10.1. The molecular weight excluding hydrogens is 186 g/mol. The second-order valence-electron chi connectivity index (χ2n) is 3.33. The van der Waals surface area contributed by atoms with Gasteiger partial charge in [0, 0.05) is 18.3 Å². The molecule has 1 aliphatic heterocycles. The minimum Gasteiger partial charge on any atom is -0.368 e. The summed E-state index contributed by atoms with van der Waals surface area (Å²) in [5, 5.41) is 3.26. The Kier molecular flexibility index (Phi) is 4.55. The first kappa shape index (κ1) is 10.8. The second kappa shape index (κ2) is 5.47. The first-order chi connectivity index (χ1) is 6.20. The van der Waals surface area contributed by atoms with Gasteiger partial charge in [-0.15, -0.1) is 0 Å². The number of nitrogens with two attached hydrogens (primary N) is 2. The summed E-state index contributed by atoms with van der Waals surface area (Å²) in [6.45, 7) is 0.501. The van der Waals surface area contributed by atoms with Gasteiger partial charge in [0.25, 0.3) is 0 Å². The molecule has 0 aromatic carbocycles. The van der Waals surface area contributed by atoms with Crippen LogP contribution in [0.2, 0.25) is 0 Å². The molecular formula is C8H17N3OS. The Morgan fingerprint density at radius 2 is 2.46 bits per heavy atom. The SMILES string of the molecule is NC(=O)C(N)CNC1CCCSC1. The van der Waals surface area contributed by atoms with Crippen LogP contribution < -0.4 is 16.8 Å². The van der Waals surface area contributed by atoms with Crippen molar-refractivity contribution in [1.82, 2.24) is 5.32 Å². The van der Waals surface area contributed by atoms with Crippen molar-refractivity contribution in [3.05, 3.63) is 0 Å². The number of primary amides is 1. The Labute approximate surface area is 82.8 Å². The number of thioether (sulfide) groups is 1. The molecule has 0 bridgehead atoms. The van der Waals surface area contributed by atoms with Gasteiger partial charge in [-0.05, 0) is 18.6 Å².